The molecule has 6 nitrogen and oxygen atoms in total. The number of rotatable bonds is 4. The fraction of sp³-hybridized carbons (Fsp3) is 0.250. The number of nitrogens with zero attached hydrogens (tertiary/aromatic N) is 1. The van der Waals surface area contributed by atoms with Crippen molar-refractivity contribution in [3.8, 4) is 0 Å². The maximum atomic E-state index is 12.6. The van der Waals surface area contributed by atoms with Crippen LogP contribution < -0.4 is 10.6 Å². The van der Waals surface area contributed by atoms with Gasteiger partial charge in [0, 0.05) is 31.2 Å². The SMILES string of the molecule is Cn1cccc1C(O)CNC(=O)C(=O)Nc1cccc(C(F)(F)F)c1. The lowest BCUT2D eigenvalue weighted by Crippen LogP contribution is -2.37. The molecule has 9 heteroatoms. The largest absolute Gasteiger partial charge is 0.416 e. The number of aliphatic hydroxyl groups is 1. The van der Waals surface area contributed by atoms with Gasteiger partial charge in [0.15, 0.2) is 0 Å². The van der Waals surface area contributed by atoms with Crippen molar-refractivity contribution in [2.75, 3.05) is 11.9 Å². The average Bonchev–Trinajstić information content (AvgIpc) is 2.97. The van der Waals surface area contributed by atoms with E-state index in [1.54, 1.807) is 29.9 Å². The summed E-state index contributed by atoms with van der Waals surface area (Å²) < 4.78 is 39.5. The van der Waals surface area contributed by atoms with E-state index in [1.807, 2.05) is 0 Å². The third-order valence-electron chi connectivity index (χ3n) is 3.44. The third-order valence-corrected chi connectivity index (χ3v) is 3.44. The van der Waals surface area contributed by atoms with Crippen LogP contribution in [0, 0.1) is 0 Å². The lowest BCUT2D eigenvalue weighted by atomic mass is 10.2. The number of carbonyl (C=O) groups is 2. The zero-order chi connectivity index (χ0) is 18.6. The highest BCUT2D eigenvalue weighted by molar-refractivity contribution is 6.39. The van der Waals surface area contributed by atoms with Crippen LogP contribution in [0.5, 0.6) is 0 Å². The molecule has 1 aromatic heterocycles. The molecule has 0 spiro atoms. The number of carbonyl (C=O) groups excluding carboxylic acids is 2. The van der Waals surface area contributed by atoms with E-state index in [2.05, 4.69) is 10.6 Å². The lowest BCUT2D eigenvalue weighted by Gasteiger charge is -2.13. The number of aryl methyl sites for hydroxylation is 1. The summed E-state index contributed by atoms with van der Waals surface area (Å²) in [6.45, 7) is -0.216. The Bertz CT molecular complexity index is 771. The summed E-state index contributed by atoms with van der Waals surface area (Å²) in [5, 5.41) is 14.3. The van der Waals surface area contributed by atoms with E-state index in [4.69, 9.17) is 0 Å². The standard InChI is InChI=1S/C16H16F3N3O3/c1-22-7-3-6-12(22)13(23)9-20-14(24)15(25)21-11-5-2-4-10(8-11)16(17,18)19/h2-8,13,23H,9H2,1H3,(H,20,24)(H,21,25). The number of aromatic nitrogens is 1. The normalized spacial score (nSPS) is 12.5. The van der Waals surface area contributed by atoms with Crippen LogP contribution in [0.4, 0.5) is 18.9 Å². The fourth-order valence-electron chi connectivity index (χ4n) is 2.16. The third kappa shape index (κ3) is 4.83. The number of nitrogens with one attached hydrogen (secondary N) is 2. The molecule has 0 aliphatic rings. The van der Waals surface area contributed by atoms with E-state index in [1.165, 1.54) is 6.07 Å². The van der Waals surface area contributed by atoms with Gasteiger partial charge in [0.1, 0.15) is 6.10 Å². The number of hydrogen-bond donors (Lipinski definition) is 3. The summed E-state index contributed by atoms with van der Waals surface area (Å²) in [4.78, 5) is 23.5. The summed E-state index contributed by atoms with van der Waals surface area (Å²) in [7, 11) is 1.71. The molecular formula is C16H16F3N3O3. The Hall–Kier alpha value is -2.81. The highest BCUT2D eigenvalue weighted by Crippen LogP contribution is 2.30. The lowest BCUT2D eigenvalue weighted by molar-refractivity contribution is -0.137. The van der Waals surface area contributed by atoms with Crippen LogP contribution in [0.25, 0.3) is 0 Å². The molecule has 0 saturated carbocycles. The highest BCUT2D eigenvalue weighted by Gasteiger charge is 2.30. The molecule has 0 bridgehead atoms. The van der Waals surface area contributed by atoms with Gasteiger partial charge in [-0.15, -0.1) is 0 Å². The highest BCUT2D eigenvalue weighted by atomic mass is 19.4. The van der Waals surface area contributed by atoms with Crippen LogP contribution in [0.15, 0.2) is 42.6 Å². The number of hydrogen-bond acceptors (Lipinski definition) is 3. The van der Waals surface area contributed by atoms with Crippen LogP contribution in [0.3, 0.4) is 0 Å². The van der Waals surface area contributed by atoms with Crippen LogP contribution in [0.1, 0.15) is 17.4 Å². The van der Waals surface area contributed by atoms with Crippen molar-refractivity contribution in [1.29, 1.82) is 0 Å². The summed E-state index contributed by atoms with van der Waals surface area (Å²) in [5.41, 5.74) is -0.554. The molecule has 134 valence electrons. The quantitative estimate of drug-likeness (QED) is 0.732. The van der Waals surface area contributed by atoms with Gasteiger partial charge in [0.25, 0.3) is 0 Å². The molecule has 2 aromatic rings. The minimum Gasteiger partial charge on any atom is -0.385 e. The van der Waals surface area contributed by atoms with Crippen molar-refractivity contribution in [2.24, 2.45) is 7.05 Å². The van der Waals surface area contributed by atoms with E-state index in [9.17, 15) is 27.9 Å². The number of alkyl halides is 3. The Morgan fingerprint density at radius 1 is 1.20 bits per heavy atom. The molecule has 1 atom stereocenters. The number of aliphatic hydroxyl groups excluding tert-OH is 1. The molecule has 2 rings (SSSR count). The van der Waals surface area contributed by atoms with E-state index in [0.29, 0.717) is 5.69 Å². The molecule has 25 heavy (non-hydrogen) atoms. The molecule has 3 N–H and O–H groups in total. The first-order valence-electron chi connectivity index (χ1n) is 7.24. The monoisotopic (exact) mass is 355 g/mol. The number of benzene rings is 1. The molecule has 1 aromatic carbocycles. The first-order valence-corrected chi connectivity index (χ1v) is 7.24. The number of anilines is 1. The van der Waals surface area contributed by atoms with Gasteiger partial charge in [-0.25, -0.2) is 0 Å². The van der Waals surface area contributed by atoms with Crippen molar-refractivity contribution in [3.05, 3.63) is 53.9 Å². The van der Waals surface area contributed by atoms with Crippen molar-refractivity contribution in [3.63, 3.8) is 0 Å². The van der Waals surface area contributed by atoms with E-state index in [-0.39, 0.29) is 12.2 Å². The second-order valence-corrected chi connectivity index (χ2v) is 5.30. The van der Waals surface area contributed by atoms with Gasteiger partial charge in [-0.3, -0.25) is 9.59 Å². The van der Waals surface area contributed by atoms with Gasteiger partial charge in [0.05, 0.1) is 5.56 Å². The van der Waals surface area contributed by atoms with Crippen molar-refractivity contribution in [2.45, 2.75) is 12.3 Å². The van der Waals surface area contributed by atoms with Gasteiger partial charge >= 0.3 is 18.0 Å². The molecule has 0 fully saturated rings. The molecule has 0 aliphatic carbocycles. The summed E-state index contributed by atoms with van der Waals surface area (Å²) in [6.07, 6.45) is -3.87. The molecule has 0 saturated heterocycles. The van der Waals surface area contributed by atoms with Gasteiger partial charge in [-0.2, -0.15) is 13.2 Å². The van der Waals surface area contributed by atoms with Gasteiger partial charge in [-0.05, 0) is 30.3 Å². The Kier molecular flexibility index (Phi) is 5.48. The van der Waals surface area contributed by atoms with E-state index in [0.717, 1.165) is 18.2 Å². The molecule has 1 unspecified atom stereocenters. The maximum absolute atomic E-state index is 12.6. The Morgan fingerprint density at radius 3 is 2.52 bits per heavy atom. The Morgan fingerprint density at radius 2 is 1.92 bits per heavy atom. The topological polar surface area (TPSA) is 83.4 Å². The smallest absolute Gasteiger partial charge is 0.385 e. The Balaban J connectivity index is 1.92. The van der Waals surface area contributed by atoms with Crippen LogP contribution in [-0.2, 0) is 22.8 Å². The zero-order valence-electron chi connectivity index (χ0n) is 13.2. The van der Waals surface area contributed by atoms with Crippen molar-refractivity contribution in [1.82, 2.24) is 9.88 Å². The summed E-state index contributed by atoms with van der Waals surface area (Å²) in [6, 6.07) is 7.30. The van der Waals surface area contributed by atoms with E-state index >= 15 is 0 Å². The Labute approximate surface area is 141 Å². The average molecular weight is 355 g/mol. The van der Waals surface area contributed by atoms with Crippen molar-refractivity contribution < 1.29 is 27.9 Å². The summed E-state index contributed by atoms with van der Waals surface area (Å²) in [5.74, 6) is -2.19. The zero-order valence-corrected chi connectivity index (χ0v) is 13.2. The van der Waals surface area contributed by atoms with E-state index < -0.39 is 29.7 Å². The van der Waals surface area contributed by atoms with Crippen LogP contribution >= 0.6 is 0 Å². The minimum atomic E-state index is -4.55. The second kappa shape index (κ2) is 7.39. The minimum absolute atomic E-state index is 0.155. The van der Waals surface area contributed by atoms with Crippen LogP contribution in [-0.4, -0.2) is 28.0 Å². The molecule has 0 radical (unpaired) electrons. The van der Waals surface area contributed by atoms with Gasteiger partial charge in [-0.1, -0.05) is 6.07 Å². The molecule has 0 aliphatic heterocycles. The first kappa shape index (κ1) is 18.5. The maximum Gasteiger partial charge on any atom is 0.416 e. The molecule has 2 amide bonds. The van der Waals surface area contributed by atoms with Gasteiger partial charge < -0.3 is 20.3 Å². The number of amides is 2. The fourth-order valence-corrected chi connectivity index (χ4v) is 2.16. The predicted molar refractivity (Wildman–Crippen MR) is 83.5 cm³/mol. The molecular weight excluding hydrogens is 339 g/mol. The predicted octanol–water partition coefficient (Wildman–Crippen LogP) is 1.83. The second-order valence-electron chi connectivity index (χ2n) is 5.30. The number of halogens is 3. The first-order chi connectivity index (χ1) is 11.7. The van der Waals surface area contributed by atoms with Gasteiger partial charge in [0.2, 0.25) is 0 Å². The van der Waals surface area contributed by atoms with Crippen molar-refractivity contribution >= 4 is 17.5 Å². The molecule has 1 heterocycles. The summed E-state index contributed by atoms with van der Waals surface area (Å²) >= 11 is 0. The van der Waals surface area contributed by atoms with Crippen LogP contribution in [0.2, 0.25) is 0 Å².